The van der Waals surface area contributed by atoms with Crippen LogP contribution in [0.2, 0.25) is 0 Å². The molecule has 1 nitrogen and oxygen atoms in total. The molecule has 0 amide bonds. The lowest BCUT2D eigenvalue weighted by Crippen LogP contribution is -1.98. The molecule has 0 atom stereocenters. The predicted molar refractivity (Wildman–Crippen MR) is 46.8 cm³/mol. The molecule has 0 aliphatic rings. The first-order chi connectivity index (χ1) is 6.01. The quantitative estimate of drug-likeness (QED) is 0.610. The molecule has 0 bridgehead atoms. The molecule has 0 fully saturated rings. The lowest BCUT2D eigenvalue weighted by molar-refractivity contribution is -0.0328. The van der Waals surface area contributed by atoms with Gasteiger partial charge in [-0.25, -0.2) is 0 Å². The summed E-state index contributed by atoms with van der Waals surface area (Å²) in [6.07, 6.45) is 0. The Hall–Kier alpha value is -0.330. The van der Waals surface area contributed by atoms with Crippen LogP contribution in [0.1, 0.15) is 0 Å². The summed E-state index contributed by atoms with van der Waals surface area (Å²) in [6, 6.07) is 5.49. The van der Waals surface area contributed by atoms with Gasteiger partial charge in [-0.05, 0) is 36.0 Å². The number of rotatable bonds is 2. The van der Waals surface area contributed by atoms with E-state index in [1.807, 2.05) is 0 Å². The first kappa shape index (κ1) is 10.7. The molecule has 0 radical (unpaired) electrons. The van der Waals surface area contributed by atoms with E-state index < -0.39 is 5.51 Å². The summed E-state index contributed by atoms with van der Waals surface area (Å²) in [4.78, 5) is 0.636. The Bertz CT molecular complexity index is 270. The summed E-state index contributed by atoms with van der Waals surface area (Å²) < 4.78 is 44.0. The van der Waals surface area contributed by atoms with Gasteiger partial charge in [0.1, 0.15) is 0 Å². The van der Waals surface area contributed by atoms with Crippen LogP contribution in [0.3, 0.4) is 0 Å². The molecule has 0 heterocycles. The minimum absolute atomic E-state index is 0.116. The molecular formula is C7H5F3OS2. The highest BCUT2D eigenvalue weighted by Gasteiger charge is 2.28. The van der Waals surface area contributed by atoms with E-state index >= 15 is 0 Å². The average Bonchev–Trinajstić information content (AvgIpc) is 2.03. The van der Waals surface area contributed by atoms with Crippen molar-refractivity contribution >= 4 is 23.8 Å². The Morgan fingerprint density at radius 1 is 1.00 bits per heavy atom. The molecule has 0 aromatic heterocycles. The number of halogens is 3. The van der Waals surface area contributed by atoms with E-state index in [0.29, 0.717) is 16.9 Å². The molecule has 0 unspecified atom stereocenters. The van der Waals surface area contributed by atoms with Crippen LogP contribution in [-0.2, 0) is 0 Å². The van der Waals surface area contributed by atoms with E-state index in [-0.39, 0.29) is 16.7 Å². The zero-order valence-corrected chi connectivity index (χ0v) is 7.84. The van der Waals surface area contributed by atoms with E-state index in [1.165, 1.54) is 24.3 Å². The van der Waals surface area contributed by atoms with Crippen molar-refractivity contribution in [1.82, 2.24) is 0 Å². The fraction of sp³-hybridized carbons (Fsp3) is 0.143. The van der Waals surface area contributed by atoms with Gasteiger partial charge in [0.25, 0.3) is 0 Å². The number of benzene rings is 1. The molecule has 1 aromatic carbocycles. The molecule has 1 aromatic rings. The predicted octanol–water partition coefficient (Wildman–Crippen LogP) is 3.86. The van der Waals surface area contributed by atoms with Crippen LogP contribution in [0.25, 0.3) is 0 Å². The molecule has 0 aliphatic heterocycles. The minimum Gasteiger partial charge on any atom is -0.325 e. The van der Waals surface area contributed by atoms with E-state index in [2.05, 4.69) is 0 Å². The van der Waals surface area contributed by atoms with Crippen LogP contribution in [0.15, 0.2) is 34.1 Å². The number of alkyl halides is 3. The Morgan fingerprint density at radius 2 is 1.46 bits per heavy atom. The molecule has 0 spiro atoms. The zero-order valence-electron chi connectivity index (χ0n) is 6.21. The standard InChI is InChI=1S/C7H5F3OS2/c8-7(9,10)12-5-1-3-6(13-11)4-2-5/h1-4,11H. The van der Waals surface area contributed by atoms with Crippen molar-refractivity contribution in [3.8, 4) is 0 Å². The maximum Gasteiger partial charge on any atom is 0.446 e. The van der Waals surface area contributed by atoms with E-state index in [4.69, 9.17) is 4.55 Å². The normalized spacial score (nSPS) is 11.7. The minimum atomic E-state index is -4.26. The van der Waals surface area contributed by atoms with Gasteiger partial charge in [0.05, 0.1) is 0 Å². The highest BCUT2D eigenvalue weighted by molar-refractivity contribution is 8.00. The van der Waals surface area contributed by atoms with Gasteiger partial charge >= 0.3 is 5.51 Å². The van der Waals surface area contributed by atoms with Crippen molar-refractivity contribution in [2.75, 3.05) is 0 Å². The summed E-state index contributed by atoms with van der Waals surface area (Å²) in [5, 5.41) is 0. The molecule has 0 aliphatic carbocycles. The molecule has 6 heteroatoms. The number of hydrogen-bond acceptors (Lipinski definition) is 3. The van der Waals surface area contributed by atoms with Gasteiger partial charge in [-0.15, -0.1) is 0 Å². The molecule has 1 rings (SSSR count). The third kappa shape index (κ3) is 3.93. The van der Waals surface area contributed by atoms with Crippen LogP contribution in [0.5, 0.6) is 0 Å². The molecular weight excluding hydrogens is 221 g/mol. The van der Waals surface area contributed by atoms with Gasteiger partial charge < -0.3 is 4.55 Å². The van der Waals surface area contributed by atoms with Crippen molar-refractivity contribution in [1.29, 1.82) is 0 Å². The van der Waals surface area contributed by atoms with Crippen molar-refractivity contribution in [3.63, 3.8) is 0 Å². The van der Waals surface area contributed by atoms with E-state index in [0.717, 1.165) is 0 Å². The van der Waals surface area contributed by atoms with Crippen molar-refractivity contribution < 1.29 is 17.7 Å². The Morgan fingerprint density at radius 3 is 1.85 bits per heavy atom. The van der Waals surface area contributed by atoms with Crippen LogP contribution >= 0.6 is 23.8 Å². The summed E-state index contributed by atoms with van der Waals surface area (Å²) >= 11 is 0.334. The third-order valence-corrected chi connectivity index (χ3v) is 2.39. The second-order valence-corrected chi connectivity index (χ2v) is 3.90. The summed E-state index contributed by atoms with van der Waals surface area (Å²) in [5.74, 6) is 0. The number of thioether (sulfide) groups is 1. The first-order valence-electron chi connectivity index (χ1n) is 3.18. The van der Waals surface area contributed by atoms with Crippen LogP contribution in [-0.4, -0.2) is 10.1 Å². The zero-order chi connectivity index (χ0) is 9.90. The van der Waals surface area contributed by atoms with E-state index in [1.54, 1.807) is 0 Å². The summed E-state index contributed by atoms with van der Waals surface area (Å²) in [5.41, 5.74) is -4.26. The lowest BCUT2D eigenvalue weighted by atomic mass is 10.4. The summed E-state index contributed by atoms with van der Waals surface area (Å²) in [6.45, 7) is 0. The Labute approximate surface area is 81.5 Å². The fourth-order valence-electron chi connectivity index (χ4n) is 0.702. The SMILES string of the molecule is OSc1ccc(SC(F)(F)F)cc1. The largest absolute Gasteiger partial charge is 0.446 e. The van der Waals surface area contributed by atoms with Crippen LogP contribution in [0, 0.1) is 0 Å². The summed E-state index contributed by atoms with van der Waals surface area (Å²) in [7, 11) is 0. The molecule has 13 heavy (non-hydrogen) atoms. The highest BCUT2D eigenvalue weighted by atomic mass is 32.2. The second kappa shape index (κ2) is 4.26. The maximum atomic E-state index is 11.8. The van der Waals surface area contributed by atoms with Gasteiger partial charge in [-0.3, -0.25) is 0 Å². The second-order valence-electron chi connectivity index (χ2n) is 2.11. The molecule has 0 saturated heterocycles. The van der Waals surface area contributed by atoms with Crippen molar-refractivity contribution in [3.05, 3.63) is 24.3 Å². The fourth-order valence-corrected chi connectivity index (χ4v) is 1.50. The Balaban J connectivity index is 2.70. The van der Waals surface area contributed by atoms with E-state index in [9.17, 15) is 13.2 Å². The van der Waals surface area contributed by atoms with Gasteiger partial charge in [0.2, 0.25) is 0 Å². The van der Waals surface area contributed by atoms with Crippen molar-refractivity contribution in [2.24, 2.45) is 0 Å². The average molecular weight is 226 g/mol. The first-order valence-corrected chi connectivity index (χ1v) is 4.77. The molecule has 0 saturated carbocycles. The third-order valence-electron chi connectivity index (χ3n) is 1.16. The highest BCUT2D eigenvalue weighted by Crippen LogP contribution is 2.37. The number of hydrogen-bond donors (Lipinski definition) is 1. The van der Waals surface area contributed by atoms with Gasteiger partial charge in [0.15, 0.2) is 0 Å². The molecule has 72 valence electrons. The van der Waals surface area contributed by atoms with Gasteiger partial charge in [-0.1, -0.05) is 0 Å². The smallest absolute Gasteiger partial charge is 0.325 e. The van der Waals surface area contributed by atoms with Crippen molar-refractivity contribution in [2.45, 2.75) is 15.3 Å². The molecule has 1 N–H and O–H groups in total. The Kier molecular flexibility index (Phi) is 3.52. The van der Waals surface area contributed by atoms with Gasteiger partial charge in [-0.2, -0.15) is 13.2 Å². The van der Waals surface area contributed by atoms with Crippen LogP contribution in [0.4, 0.5) is 13.2 Å². The van der Waals surface area contributed by atoms with Crippen LogP contribution < -0.4 is 0 Å². The van der Waals surface area contributed by atoms with Gasteiger partial charge in [0, 0.05) is 21.8 Å². The monoisotopic (exact) mass is 226 g/mol. The lowest BCUT2D eigenvalue weighted by Gasteiger charge is -2.04. The topological polar surface area (TPSA) is 20.2 Å². The maximum absolute atomic E-state index is 11.8.